The van der Waals surface area contributed by atoms with Crippen molar-refractivity contribution < 1.29 is 19.3 Å². The summed E-state index contributed by atoms with van der Waals surface area (Å²) in [5, 5.41) is 13.4. The molecule has 0 aliphatic heterocycles. The Balaban J connectivity index is 0.00000171. The number of aryl methyl sites for hydroxylation is 1. The number of hydrogen-bond donors (Lipinski definition) is 1. The molecule has 0 aliphatic rings. The van der Waals surface area contributed by atoms with Crippen LogP contribution in [-0.4, -0.2) is 36.4 Å². The summed E-state index contributed by atoms with van der Waals surface area (Å²) in [5.41, 5.74) is 3.28. The van der Waals surface area contributed by atoms with Gasteiger partial charge in [0, 0.05) is 40.7 Å². The number of fused-ring (bicyclic) bond motifs is 2. The third-order valence-electron chi connectivity index (χ3n) is 5.11. The van der Waals surface area contributed by atoms with E-state index >= 15 is 0 Å². The number of ether oxygens (including phenoxy) is 3. The molecule has 1 N–H and O–H groups in total. The predicted molar refractivity (Wildman–Crippen MR) is 127 cm³/mol. The van der Waals surface area contributed by atoms with Crippen LogP contribution in [0.4, 0.5) is 0 Å². The molecule has 0 bridgehead atoms. The minimum absolute atomic E-state index is 0. The summed E-state index contributed by atoms with van der Waals surface area (Å²) in [5.74, 6) is 2.01. The molecule has 0 unspecified atom stereocenters. The number of nitrogens with zero attached hydrogens (tertiary/aromatic N) is 2. The standard InChI is InChI=1S/C23H22N2O4.2ClH/c1-13-17-10-21(28-3)22(29-4)11-18(17)19(23(26)25-13)8-14-7-15-5-6-16(27-2)9-20(15)24-12-14;;/h5-7,9-12H,8H2,1-4H3,(H,25,26);2*1H. The van der Waals surface area contributed by atoms with Gasteiger partial charge in [0.15, 0.2) is 11.5 Å². The Kier molecular flexibility index (Phi) is 7.76. The molecular weight excluding hydrogens is 439 g/mol. The fraction of sp³-hybridized carbons (Fsp3) is 0.217. The highest BCUT2D eigenvalue weighted by Crippen LogP contribution is 2.38. The van der Waals surface area contributed by atoms with E-state index in [-0.39, 0.29) is 30.7 Å². The summed E-state index contributed by atoms with van der Waals surface area (Å²) in [6.45, 7) is 1.86. The number of methoxy groups -OCH3 is 3. The molecule has 0 saturated heterocycles. The van der Waals surface area contributed by atoms with Gasteiger partial charge < -0.3 is 19.3 Å². The normalized spacial score (nSPS) is 10.3. The van der Waals surface area contributed by atoms with E-state index in [1.165, 1.54) is 0 Å². The summed E-state index contributed by atoms with van der Waals surface area (Å²) < 4.78 is 16.1. The van der Waals surface area contributed by atoms with Gasteiger partial charge in [0.2, 0.25) is 5.88 Å². The summed E-state index contributed by atoms with van der Waals surface area (Å²) in [4.78, 5) is 8.88. The van der Waals surface area contributed by atoms with E-state index in [1.807, 2.05) is 43.5 Å². The zero-order valence-electron chi connectivity index (χ0n) is 17.6. The zero-order chi connectivity index (χ0) is 20.5. The molecule has 0 spiro atoms. The second-order valence-electron chi connectivity index (χ2n) is 6.83. The van der Waals surface area contributed by atoms with E-state index in [2.05, 4.69) is 16.0 Å². The minimum atomic E-state index is 0. The second-order valence-corrected chi connectivity index (χ2v) is 6.83. The lowest BCUT2D eigenvalue weighted by molar-refractivity contribution is 0.355. The molecule has 4 aromatic rings. The Morgan fingerprint density at radius 3 is 2.19 bits per heavy atom. The summed E-state index contributed by atoms with van der Waals surface area (Å²) in [6.07, 6.45) is 2.30. The van der Waals surface area contributed by atoms with Gasteiger partial charge in [0.1, 0.15) is 5.75 Å². The predicted octanol–water partition coefficient (Wildman–Crippen LogP) is 5.26. The molecule has 0 amide bonds. The van der Waals surface area contributed by atoms with Crippen LogP contribution >= 0.6 is 24.8 Å². The van der Waals surface area contributed by atoms with Gasteiger partial charge in [-0.2, -0.15) is 0 Å². The molecule has 2 heterocycles. The molecule has 0 fully saturated rings. The smallest absolute Gasteiger partial charge is 0.215 e. The van der Waals surface area contributed by atoms with Gasteiger partial charge in [-0.25, -0.2) is 4.98 Å². The van der Waals surface area contributed by atoms with Crippen molar-refractivity contribution in [3.63, 3.8) is 0 Å². The monoisotopic (exact) mass is 462 g/mol. The number of halogens is 2. The van der Waals surface area contributed by atoms with E-state index in [9.17, 15) is 5.11 Å². The Morgan fingerprint density at radius 2 is 1.55 bits per heavy atom. The quantitative estimate of drug-likeness (QED) is 0.436. The summed E-state index contributed by atoms with van der Waals surface area (Å²) in [7, 11) is 4.83. The van der Waals surface area contributed by atoms with Crippen LogP contribution in [0, 0.1) is 6.92 Å². The first-order chi connectivity index (χ1) is 14.0. The number of aromatic nitrogens is 2. The molecule has 0 saturated carbocycles. The van der Waals surface area contributed by atoms with Crippen LogP contribution in [0.25, 0.3) is 21.7 Å². The number of benzene rings is 2. The van der Waals surface area contributed by atoms with Crippen molar-refractivity contribution in [1.82, 2.24) is 9.97 Å². The number of pyridine rings is 2. The van der Waals surface area contributed by atoms with Crippen molar-refractivity contribution in [2.45, 2.75) is 13.3 Å². The van der Waals surface area contributed by atoms with E-state index in [4.69, 9.17) is 14.2 Å². The van der Waals surface area contributed by atoms with Crippen molar-refractivity contribution in [2.75, 3.05) is 21.3 Å². The van der Waals surface area contributed by atoms with Gasteiger partial charge in [-0.15, -0.1) is 24.8 Å². The highest BCUT2D eigenvalue weighted by Gasteiger charge is 2.16. The first kappa shape index (κ1) is 24.3. The molecule has 0 aliphatic carbocycles. The van der Waals surface area contributed by atoms with E-state index < -0.39 is 0 Å². The SMILES string of the molecule is COc1ccc2cc(Cc3c(O)nc(C)c4cc(OC)c(OC)cc34)cnc2c1.Cl.Cl. The average Bonchev–Trinajstić information content (AvgIpc) is 2.75. The Labute approximate surface area is 193 Å². The van der Waals surface area contributed by atoms with Crippen molar-refractivity contribution >= 4 is 46.5 Å². The molecular formula is C23H24Cl2N2O4. The highest BCUT2D eigenvalue weighted by atomic mass is 35.5. The maximum absolute atomic E-state index is 10.6. The first-order valence-electron chi connectivity index (χ1n) is 9.21. The van der Waals surface area contributed by atoms with Gasteiger partial charge in [-0.05, 0) is 48.2 Å². The van der Waals surface area contributed by atoms with Gasteiger partial charge >= 0.3 is 0 Å². The Morgan fingerprint density at radius 1 is 0.871 bits per heavy atom. The number of aromatic hydroxyl groups is 1. The van der Waals surface area contributed by atoms with Crippen LogP contribution in [0.2, 0.25) is 0 Å². The minimum Gasteiger partial charge on any atom is -0.497 e. The third kappa shape index (κ3) is 4.55. The number of hydrogen-bond acceptors (Lipinski definition) is 6. The van der Waals surface area contributed by atoms with E-state index in [1.54, 1.807) is 21.3 Å². The lowest BCUT2D eigenvalue weighted by Crippen LogP contribution is -1.99. The van der Waals surface area contributed by atoms with Gasteiger partial charge in [0.05, 0.1) is 26.8 Å². The fourth-order valence-electron chi connectivity index (χ4n) is 3.58. The largest absolute Gasteiger partial charge is 0.497 e. The van der Waals surface area contributed by atoms with E-state index in [0.29, 0.717) is 17.9 Å². The zero-order valence-corrected chi connectivity index (χ0v) is 19.3. The average molecular weight is 463 g/mol. The molecule has 0 atom stereocenters. The molecule has 6 nitrogen and oxygen atoms in total. The van der Waals surface area contributed by atoms with Gasteiger partial charge in [0.25, 0.3) is 0 Å². The van der Waals surface area contributed by atoms with Crippen LogP contribution in [0.1, 0.15) is 16.8 Å². The van der Waals surface area contributed by atoms with Gasteiger partial charge in [-0.1, -0.05) is 0 Å². The summed E-state index contributed by atoms with van der Waals surface area (Å²) in [6, 6.07) is 11.6. The molecule has 4 rings (SSSR count). The summed E-state index contributed by atoms with van der Waals surface area (Å²) >= 11 is 0. The van der Waals surface area contributed by atoms with Crippen molar-refractivity contribution in [3.05, 3.63) is 59.4 Å². The van der Waals surface area contributed by atoms with Crippen LogP contribution in [0.5, 0.6) is 23.1 Å². The molecule has 164 valence electrons. The number of rotatable bonds is 5. The Hall–Kier alpha value is -2.96. The third-order valence-corrected chi connectivity index (χ3v) is 5.11. The van der Waals surface area contributed by atoms with Crippen molar-refractivity contribution in [2.24, 2.45) is 0 Å². The van der Waals surface area contributed by atoms with Crippen LogP contribution in [0.3, 0.4) is 0 Å². The molecule has 31 heavy (non-hydrogen) atoms. The van der Waals surface area contributed by atoms with Crippen molar-refractivity contribution in [1.29, 1.82) is 0 Å². The molecule has 2 aromatic heterocycles. The maximum Gasteiger partial charge on any atom is 0.215 e. The highest BCUT2D eigenvalue weighted by molar-refractivity contribution is 5.92. The maximum atomic E-state index is 10.6. The fourth-order valence-corrected chi connectivity index (χ4v) is 3.58. The lowest BCUT2D eigenvalue weighted by atomic mass is 9.98. The first-order valence-corrected chi connectivity index (χ1v) is 9.21. The van der Waals surface area contributed by atoms with E-state index in [0.717, 1.165) is 44.2 Å². The topological polar surface area (TPSA) is 73.7 Å². The Bertz CT molecular complexity index is 1230. The molecule has 8 heteroatoms. The van der Waals surface area contributed by atoms with Crippen LogP contribution in [-0.2, 0) is 6.42 Å². The van der Waals surface area contributed by atoms with Gasteiger partial charge in [-0.3, -0.25) is 4.98 Å². The molecule has 0 radical (unpaired) electrons. The van der Waals surface area contributed by atoms with Crippen LogP contribution in [0.15, 0.2) is 42.6 Å². The lowest BCUT2D eigenvalue weighted by Gasteiger charge is -2.15. The molecule has 2 aromatic carbocycles. The van der Waals surface area contributed by atoms with Crippen LogP contribution < -0.4 is 14.2 Å². The second kappa shape index (κ2) is 9.90. The van der Waals surface area contributed by atoms with Crippen molar-refractivity contribution in [3.8, 4) is 23.1 Å².